The Hall–Kier alpha value is -2.56. The summed E-state index contributed by atoms with van der Waals surface area (Å²) < 4.78 is 23.3. The first-order valence-electron chi connectivity index (χ1n) is 13.8. The number of ether oxygens (including phenoxy) is 4. The molecule has 0 aliphatic rings. The van der Waals surface area contributed by atoms with Gasteiger partial charge in [0.25, 0.3) is 0 Å². The molecule has 6 heteroatoms. The predicted molar refractivity (Wildman–Crippen MR) is 167 cm³/mol. The minimum atomic E-state index is -0.130. The Labute approximate surface area is 250 Å². The molecule has 3 aromatic rings. The van der Waals surface area contributed by atoms with Crippen molar-refractivity contribution in [2.24, 2.45) is 0 Å². The molecule has 3 aromatic carbocycles. The molecule has 0 atom stereocenters. The lowest BCUT2D eigenvalue weighted by atomic mass is 9.73. The van der Waals surface area contributed by atoms with Gasteiger partial charge in [-0.05, 0) is 76.1 Å². The first-order valence-corrected chi connectivity index (χ1v) is 14.5. The van der Waals surface area contributed by atoms with Crippen LogP contribution in [0.4, 0.5) is 0 Å². The highest BCUT2D eigenvalue weighted by Gasteiger charge is 2.29. The van der Waals surface area contributed by atoms with Crippen molar-refractivity contribution < 1.29 is 18.9 Å². The molecular weight excluding hydrogens is 543 g/mol. The van der Waals surface area contributed by atoms with Crippen LogP contribution in [0.15, 0.2) is 54.6 Å². The van der Waals surface area contributed by atoms with Crippen molar-refractivity contribution in [1.29, 1.82) is 0 Å². The second kappa shape index (κ2) is 13.0. The summed E-state index contributed by atoms with van der Waals surface area (Å²) in [6, 6.07) is 18.0. The maximum absolute atomic E-state index is 6.56. The summed E-state index contributed by atoms with van der Waals surface area (Å²) in [5.74, 6) is 2.94. The van der Waals surface area contributed by atoms with E-state index in [0.717, 1.165) is 35.5 Å². The Kier molecular flexibility index (Phi) is 10.4. The first kappa shape index (κ1) is 32.0. The van der Waals surface area contributed by atoms with Crippen LogP contribution < -0.4 is 18.9 Å². The second-order valence-electron chi connectivity index (χ2n) is 12.6. The van der Waals surface area contributed by atoms with E-state index in [0.29, 0.717) is 34.8 Å². The van der Waals surface area contributed by atoms with Gasteiger partial charge in [0.05, 0.1) is 24.3 Å². The molecule has 0 spiro atoms. The molecule has 0 unspecified atom stereocenters. The van der Waals surface area contributed by atoms with Crippen LogP contribution in [0.1, 0.15) is 78.0 Å². The van der Waals surface area contributed by atoms with E-state index in [2.05, 4.69) is 72.7 Å². The Balaban J connectivity index is 1.68. The highest BCUT2D eigenvalue weighted by Crippen LogP contribution is 2.42. The maximum Gasteiger partial charge on any atom is 0.161 e. The van der Waals surface area contributed by atoms with Crippen molar-refractivity contribution in [3.8, 4) is 23.0 Å². The summed E-state index contributed by atoms with van der Waals surface area (Å²) in [7, 11) is 3.33. The van der Waals surface area contributed by atoms with Crippen LogP contribution in [0.2, 0.25) is 10.0 Å². The van der Waals surface area contributed by atoms with Gasteiger partial charge in [0.15, 0.2) is 11.5 Å². The van der Waals surface area contributed by atoms with Gasteiger partial charge in [-0.25, -0.2) is 0 Å². The zero-order valence-electron chi connectivity index (χ0n) is 25.4. The summed E-state index contributed by atoms with van der Waals surface area (Å²) in [6.07, 6.45) is 1.89. The van der Waals surface area contributed by atoms with Crippen LogP contribution in [0.3, 0.4) is 0 Å². The van der Waals surface area contributed by atoms with E-state index in [-0.39, 0.29) is 16.2 Å². The van der Waals surface area contributed by atoms with Crippen molar-refractivity contribution >= 4 is 23.2 Å². The third-order valence-electron chi connectivity index (χ3n) is 7.59. The molecule has 4 nitrogen and oxygen atoms in total. The van der Waals surface area contributed by atoms with Crippen molar-refractivity contribution in [1.82, 2.24) is 0 Å². The number of hydrogen-bond acceptors (Lipinski definition) is 4. The molecule has 0 N–H and O–H groups in total. The summed E-state index contributed by atoms with van der Waals surface area (Å²) in [5.41, 5.74) is 3.16. The van der Waals surface area contributed by atoms with Crippen molar-refractivity contribution in [2.75, 3.05) is 27.4 Å². The standard InChI is InChI=1S/C34H44Cl2O4/c1-32(2,3)24-19-25(37-8)22-26(20-24)39-17-18-40-30-21-23(13-14-29(30)38-9)33(4,5)15-16-34(6,7)27-11-10-12-28(35)31(27)36/h10-14,19-22H,15-18H2,1-9H3. The summed E-state index contributed by atoms with van der Waals surface area (Å²) in [5, 5.41) is 1.23. The topological polar surface area (TPSA) is 36.9 Å². The third kappa shape index (κ3) is 8.01. The molecule has 218 valence electrons. The molecule has 0 radical (unpaired) electrons. The molecule has 0 aliphatic heterocycles. The SMILES string of the molecule is COc1cc(OCCOc2cc(C(C)(C)CCC(C)(C)c3cccc(Cl)c3Cl)ccc2OC)cc(C(C)(C)C)c1. The van der Waals surface area contributed by atoms with Gasteiger partial charge < -0.3 is 18.9 Å². The molecule has 40 heavy (non-hydrogen) atoms. The van der Waals surface area contributed by atoms with Crippen molar-refractivity contribution in [3.63, 3.8) is 0 Å². The van der Waals surface area contributed by atoms with Crippen molar-refractivity contribution in [2.45, 2.75) is 77.6 Å². The highest BCUT2D eigenvalue weighted by molar-refractivity contribution is 6.42. The fraction of sp³-hybridized carbons (Fsp3) is 0.471. The van der Waals surface area contributed by atoms with Gasteiger partial charge in [-0.2, -0.15) is 0 Å². The average Bonchev–Trinajstić information content (AvgIpc) is 2.90. The van der Waals surface area contributed by atoms with Gasteiger partial charge in [0.2, 0.25) is 0 Å². The van der Waals surface area contributed by atoms with Gasteiger partial charge in [-0.15, -0.1) is 0 Å². The van der Waals surface area contributed by atoms with Gasteiger partial charge in [0.1, 0.15) is 24.7 Å². The number of methoxy groups -OCH3 is 2. The van der Waals surface area contributed by atoms with E-state index < -0.39 is 0 Å². The molecule has 0 aliphatic carbocycles. The van der Waals surface area contributed by atoms with E-state index in [9.17, 15) is 0 Å². The Bertz CT molecular complexity index is 1290. The van der Waals surface area contributed by atoms with E-state index in [1.807, 2.05) is 30.3 Å². The van der Waals surface area contributed by atoms with Gasteiger partial charge >= 0.3 is 0 Å². The predicted octanol–water partition coefficient (Wildman–Crippen LogP) is 9.80. The first-order chi connectivity index (χ1) is 18.7. The van der Waals surface area contributed by atoms with Crippen molar-refractivity contribution in [3.05, 3.63) is 81.3 Å². The fourth-order valence-corrected chi connectivity index (χ4v) is 5.21. The quantitative estimate of drug-likeness (QED) is 0.198. The van der Waals surface area contributed by atoms with Crippen LogP contribution in [-0.4, -0.2) is 27.4 Å². The number of halogens is 2. The Morgan fingerprint density at radius 3 is 1.93 bits per heavy atom. The highest BCUT2D eigenvalue weighted by atomic mass is 35.5. The summed E-state index contributed by atoms with van der Waals surface area (Å²) in [4.78, 5) is 0. The molecule has 0 amide bonds. The van der Waals surface area contributed by atoms with E-state index >= 15 is 0 Å². The largest absolute Gasteiger partial charge is 0.497 e. The van der Waals surface area contributed by atoms with Gasteiger partial charge in [-0.1, -0.05) is 89.9 Å². The lowest BCUT2D eigenvalue weighted by Gasteiger charge is -2.33. The summed E-state index contributed by atoms with van der Waals surface area (Å²) >= 11 is 12.9. The second-order valence-corrected chi connectivity index (χ2v) is 13.4. The van der Waals surface area contributed by atoms with E-state index in [4.69, 9.17) is 42.1 Å². The third-order valence-corrected chi connectivity index (χ3v) is 8.41. The lowest BCUT2D eigenvalue weighted by Crippen LogP contribution is -2.25. The van der Waals surface area contributed by atoms with E-state index in [1.165, 1.54) is 5.56 Å². The minimum absolute atomic E-state index is 0.0145. The molecule has 0 heterocycles. The summed E-state index contributed by atoms with van der Waals surface area (Å²) in [6.45, 7) is 16.2. The average molecular weight is 588 g/mol. The molecule has 0 saturated heterocycles. The molecule has 3 rings (SSSR count). The van der Waals surface area contributed by atoms with Crippen LogP contribution in [-0.2, 0) is 16.2 Å². The van der Waals surface area contributed by atoms with Crippen LogP contribution >= 0.6 is 23.2 Å². The zero-order valence-corrected chi connectivity index (χ0v) is 26.9. The molecule has 0 saturated carbocycles. The van der Waals surface area contributed by atoms with Gasteiger partial charge in [0, 0.05) is 6.07 Å². The lowest BCUT2D eigenvalue weighted by molar-refractivity contribution is 0.210. The molecule has 0 fully saturated rings. The molecular formula is C34H44Cl2O4. The maximum atomic E-state index is 6.56. The van der Waals surface area contributed by atoms with Crippen LogP contribution in [0.25, 0.3) is 0 Å². The number of rotatable bonds is 12. The monoisotopic (exact) mass is 586 g/mol. The Morgan fingerprint density at radius 2 is 1.27 bits per heavy atom. The van der Waals surface area contributed by atoms with Gasteiger partial charge in [-0.3, -0.25) is 0 Å². The normalized spacial score (nSPS) is 12.3. The molecule has 0 aromatic heterocycles. The van der Waals surface area contributed by atoms with E-state index in [1.54, 1.807) is 14.2 Å². The fourth-order valence-electron chi connectivity index (χ4n) is 4.66. The number of hydrogen-bond donors (Lipinski definition) is 0. The van der Waals surface area contributed by atoms with Crippen LogP contribution in [0, 0.1) is 0 Å². The smallest absolute Gasteiger partial charge is 0.161 e. The van der Waals surface area contributed by atoms with Crippen LogP contribution in [0.5, 0.6) is 23.0 Å². The zero-order chi connectivity index (χ0) is 29.7. The minimum Gasteiger partial charge on any atom is -0.497 e. The Morgan fingerprint density at radius 1 is 0.625 bits per heavy atom. The number of benzene rings is 3. The molecule has 0 bridgehead atoms.